The number of carbonyl (C=O) groups excluding carboxylic acids is 2. The molecule has 1 saturated heterocycles. The van der Waals surface area contributed by atoms with Gasteiger partial charge in [0.25, 0.3) is 0 Å². The molecule has 4 aliphatic carbocycles. The van der Waals surface area contributed by atoms with Gasteiger partial charge in [-0.05, 0) is 44.1 Å². The number of rotatable bonds is 3. The Labute approximate surface area is 170 Å². The van der Waals surface area contributed by atoms with Gasteiger partial charge in [0.1, 0.15) is 0 Å². The van der Waals surface area contributed by atoms with Gasteiger partial charge in [-0.15, -0.1) is 0 Å². The van der Waals surface area contributed by atoms with Crippen LogP contribution in [0, 0.1) is 22.7 Å². The molecular formula is C23H28O6. The van der Waals surface area contributed by atoms with E-state index in [1.807, 2.05) is 0 Å². The van der Waals surface area contributed by atoms with Crippen molar-refractivity contribution in [3.8, 4) is 0 Å². The molecule has 156 valence electrons. The maximum absolute atomic E-state index is 12.5. The molecule has 1 heterocycles. The number of aliphatic hydroxyl groups is 1. The number of aliphatic carboxylic acids is 1. The van der Waals surface area contributed by atoms with Crippen LogP contribution in [0.4, 0.5) is 0 Å². The van der Waals surface area contributed by atoms with E-state index in [-0.39, 0.29) is 41.8 Å². The fourth-order valence-electron chi connectivity index (χ4n) is 7.12. The standard InChI is InChI=1S/C23H28O6/c1-20-7-3-14(24)11-13(20)12-23(19(27)29-23)18-15(20)4-8-21(2)16(18)5-9-22(21,28)10-6-17(25)26/h4,11,16,18,28H,3,5-10,12H2,1-2H3,(H,25,26)/t16-,18+,20-,21-,22-,23?/m0/s1. The van der Waals surface area contributed by atoms with Crippen molar-refractivity contribution in [1.82, 2.24) is 0 Å². The van der Waals surface area contributed by atoms with Gasteiger partial charge >= 0.3 is 11.9 Å². The molecule has 0 aromatic carbocycles. The molecule has 0 amide bonds. The molecule has 6 nitrogen and oxygen atoms in total. The number of allylic oxidation sites excluding steroid dienone is 2. The van der Waals surface area contributed by atoms with Gasteiger partial charge in [0, 0.05) is 36.0 Å². The summed E-state index contributed by atoms with van der Waals surface area (Å²) in [4.78, 5) is 35.8. The fourth-order valence-corrected chi connectivity index (χ4v) is 7.12. The molecule has 2 saturated carbocycles. The summed E-state index contributed by atoms with van der Waals surface area (Å²) in [6.07, 6.45) is 7.73. The minimum Gasteiger partial charge on any atom is -0.481 e. The van der Waals surface area contributed by atoms with Crippen LogP contribution in [0.5, 0.6) is 0 Å². The first-order valence-electron chi connectivity index (χ1n) is 10.7. The Hall–Kier alpha value is -1.95. The number of carboxylic acid groups (broad SMARTS) is 1. The fraction of sp³-hybridized carbons (Fsp3) is 0.696. The number of hydrogen-bond donors (Lipinski definition) is 2. The largest absolute Gasteiger partial charge is 0.481 e. The molecule has 0 aromatic rings. The molecule has 1 spiro atoms. The molecule has 2 N–H and O–H groups in total. The summed E-state index contributed by atoms with van der Waals surface area (Å²) < 4.78 is 5.66. The number of epoxide rings is 1. The molecule has 29 heavy (non-hydrogen) atoms. The molecule has 0 aromatic heterocycles. The van der Waals surface area contributed by atoms with Crippen molar-refractivity contribution in [2.45, 2.75) is 76.4 Å². The SMILES string of the molecule is C[C@]12CCC(=O)C=C1CC1(OC1=O)[C@@H]1C2=CC[C@@]2(C)[C@H]1CC[C@]2(O)CCC(=O)O. The number of ketones is 1. The van der Waals surface area contributed by atoms with Gasteiger partial charge in [0.05, 0.1) is 5.60 Å². The maximum Gasteiger partial charge on any atom is 0.352 e. The Kier molecular flexibility index (Phi) is 3.67. The maximum atomic E-state index is 12.5. The zero-order valence-electron chi connectivity index (χ0n) is 17.0. The lowest BCUT2D eigenvalue weighted by Gasteiger charge is -2.55. The van der Waals surface area contributed by atoms with Crippen molar-refractivity contribution in [3.63, 3.8) is 0 Å². The summed E-state index contributed by atoms with van der Waals surface area (Å²) in [5, 5.41) is 20.6. The second-order valence-electron chi connectivity index (χ2n) is 10.3. The lowest BCUT2D eigenvalue weighted by atomic mass is 9.48. The van der Waals surface area contributed by atoms with Crippen molar-refractivity contribution in [2.24, 2.45) is 22.7 Å². The summed E-state index contributed by atoms with van der Waals surface area (Å²) in [5.74, 6) is -1.04. The predicted molar refractivity (Wildman–Crippen MR) is 103 cm³/mol. The Morgan fingerprint density at radius 1 is 1.28 bits per heavy atom. The Morgan fingerprint density at radius 3 is 2.66 bits per heavy atom. The topological polar surface area (TPSA) is 104 Å². The Morgan fingerprint density at radius 2 is 2.00 bits per heavy atom. The normalized spacial score (nSPS) is 47.6. The first-order chi connectivity index (χ1) is 13.6. The van der Waals surface area contributed by atoms with Crippen molar-refractivity contribution in [3.05, 3.63) is 23.3 Å². The zero-order valence-corrected chi connectivity index (χ0v) is 17.0. The van der Waals surface area contributed by atoms with Crippen LogP contribution in [0.1, 0.15) is 65.2 Å². The first-order valence-corrected chi connectivity index (χ1v) is 10.7. The zero-order chi connectivity index (χ0) is 20.8. The highest BCUT2D eigenvalue weighted by Gasteiger charge is 2.75. The average Bonchev–Trinajstić information content (AvgIpc) is 3.21. The highest BCUT2D eigenvalue weighted by Crippen LogP contribution is 2.71. The van der Waals surface area contributed by atoms with Gasteiger partial charge in [-0.1, -0.05) is 31.1 Å². The number of fused-ring (bicyclic) bond motifs is 6. The van der Waals surface area contributed by atoms with E-state index in [0.717, 1.165) is 18.4 Å². The molecule has 5 aliphatic rings. The van der Waals surface area contributed by atoms with Crippen LogP contribution in [-0.4, -0.2) is 39.1 Å². The number of hydrogen-bond acceptors (Lipinski definition) is 5. The summed E-state index contributed by atoms with van der Waals surface area (Å²) in [6.45, 7) is 4.23. The van der Waals surface area contributed by atoms with Crippen LogP contribution in [-0.2, 0) is 19.1 Å². The number of carbonyl (C=O) groups is 3. The molecule has 1 unspecified atom stereocenters. The Bertz CT molecular complexity index is 901. The highest BCUT2D eigenvalue weighted by atomic mass is 16.7. The minimum atomic E-state index is -1.06. The monoisotopic (exact) mass is 400 g/mol. The third kappa shape index (κ3) is 2.29. The second kappa shape index (κ2) is 5.60. The highest BCUT2D eigenvalue weighted by molar-refractivity contribution is 5.97. The molecule has 3 fully saturated rings. The van der Waals surface area contributed by atoms with Crippen molar-refractivity contribution < 1.29 is 29.3 Å². The average molecular weight is 400 g/mol. The van der Waals surface area contributed by atoms with Gasteiger partial charge in [-0.3, -0.25) is 9.59 Å². The smallest absolute Gasteiger partial charge is 0.352 e. The molecule has 0 bridgehead atoms. The van der Waals surface area contributed by atoms with E-state index in [9.17, 15) is 19.5 Å². The lowest BCUT2D eigenvalue weighted by molar-refractivity contribution is -0.141. The van der Waals surface area contributed by atoms with Gasteiger partial charge in [-0.2, -0.15) is 0 Å². The summed E-state index contributed by atoms with van der Waals surface area (Å²) in [5.41, 5.74) is -0.490. The molecule has 6 atom stereocenters. The van der Waals surface area contributed by atoms with Crippen molar-refractivity contribution >= 4 is 17.7 Å². The van der Waals surface area contributed by atoms with Gasteiger partial charge in [-0.25, -0.2) is 4.79 Å². The molecule has 0 radical (unpaired) electrons. The van der Waals surface area contributed by atoms with Crippen molar-refractivity contribution in [1.29, 1.82) is 0 Å². The van der Waals surface area contributed by atoms with Crippen LogP contribution in [0.3, 0.4) is 0 Å². The van der Waals surface area contributed by atoms with E-state index in [4.69, 9.17) is 9.84 Å². The van der Waals surface area contributed by atoms with Crippen LogP contribution < -0.4 is 0 Å². The van der Waals surface area contributed by atoms with E-state index in [2.05, 4.69) is 19.9 Å². The molecular weight excluding hydrogens is 372 g/mol. The van der Waals surface area contributed by atoms with E-state index in [1.165, 1.54) is 5.57 Å². The second-order valence-corrected chi connectivity index (χ2v) is 10.3. The van der Waals surface area contributed by atoms with Crippen LogP contribution in [0.25, 0.3) is 0 Å². The first kappa shape index (κ1) is 19.0. The van der Waals surface area contributed by atoms with Gasteiger partial charge in [0.15, 0.2) is 5.78 Å². The van der Waals surface area contributed by atoms with Gasteiger partial charge < -0.3 is 14.9 Å². The third-order valence-electron chi connectivity index (χ3n) is 9.07. The van der Waals surface area contributed by atoms with E-state index < -0.39 is 22.6 Å². The molecule has 5 rings (SSSR count). The Balaban J connectivity index is 1.59. The predicted octanol–water partition coefficient (Wildman–Crippen LogP) is 2.94. The van der Waals surface area contributed by atoms with Crippen LogP contribution in [0.15, 0.2) is 23.3 Å². The van der Waals surface area contributed by atoms with Gasteiger partial charge in [0.2, 0.25) is 5.60 Å². The van der Waals surface area contributed by atoms with E-state index in [0.29, 0.717) is 25.7 Å². The third-order valence-corrected chi connectivity index (χ3v) is 9.07. The van der Waals surface area contributed by atoms with E-state index in [1.54, 1.807) is 6.08 Å². The van der Waals surface area contributed by atoms with Crippen molar-refractivity contribution in [2.75, 3.05) is 0 Å². The summed E-state index contributed by atoms with van der Waals surface area (Å²) >= 11 is 0. The van der Waals surface area contributed by atoms with Crippen LogP contribution >= 0.6 is 0 Å². The van der Waals surface area contributed by atoms with Crippen LogP contribution in [0.2, 0.25) is 0 Å². The molecule has 1 aliphatic heterocycles. The quantitative estimate of drug-likeness (QED) is 0.558. The number of ether oxygens (including phenoxy) is 1. The summed E-state index contributed by atoms with van der Waals surface area (Å²) in [7, 11) is 0. The number of carboxylic acids is 1. The minimum absolute atomic E-state index is 0.0590. The van der Waals surface area contributed by atoms with E-state index >= 15 is 0 Å². The summed E-state index contributed by atoms with van der Waals surface area (Å²) in [6, 6.07) is 0. The lowest BCUT2D eigenvalue weighted by Crippen LogP contribution is -2.55. The molecule has 6 heteroatoms.